The first-order valence-electron chi connectivity index (χ1n) is 8.59. The molecule has 26 heavy (non-hydrogen) atoms. The zero-order valence-electron chi connectivity index (χ0n) is 14.0. The first-order valence-corrected chi connectivity index (χ1v) is 8.59. The summed E-state index contributed by atoms with van der Waals surface area (Å²) in [5.41, 5.74) is -0.810. The lowest BCUT2D eigenvalue weighted by Gasteiger charge is -2.21. The number of fused-ring (bicyclic) bond motifs is 1. The second-order valence-electron chi connectivity index (χ2n) is 6.93. The smallest absolute Gasteiger partial charge is 0.416 e. The minimum absolute atomic E-state index is 0.0333. The summed E-state index contributed by atoms with van der Waals surface area (Å²) in [5.74, 6) is -0.385. The largest absolute Gasteiger partial charge is 0.491 e. The van der Waals surface area contributed by atoms with Crippen LogP contribution in [0.5, 0.6) is 5.75 Å². The molecule has 0 radical (unpaired) electrons. The van der Waals surface area contributed by atoms with E-state index in [1.807, 2.05) is 0 Å². The van der Waals surface area contributed by atoms with Gasteiger partial charge < -0.3 is 19.7 Å². The summed E-state index contributed by atoms with van der Waals surface area (Å²) >= 11 is 0. The Balaban J connectivity index is 1.47. The maximum absolute atomic E-state index is 12.7. The fourth-order valence-electron chi connectivity index (χ4n) is 3.81. The number of benzene rings is 1. The van der Waals surface area contributed by atoms with Gasteiger partial charge in [-0.3, -0.25) is 4.79 Å². The van der Waals surface area contributed by atoms with E-state index in [0.717, 1.165) is 12.1 Å². The van der Waals surface area contributed by atoms with Gasteiger partial charge in [-0.25, -0.2) is 0 Å². The number of hydrogen-bond donors (Lipinski definition) is 2. The van der Waals surface area contributed by atoms with Crippen molar-refractivity contribution in [3.63, 3.8) is 0 Å². The van der Waals surface area contributed by atoms with Crippen LogP contribution in [0.15, 0.2) is 24.3 Å². The van der Waals surface area contributed by atoms with Crippen LogP contribution in [-0.4, -0.2) is 41.1 Å². The van der Waals surface area contributed by atoms with Gasteiger partial charge in [-0.15, -0.1) is 0 Å². The summed E-state index contributed by atoms with van der Waals surface area (Å²) in [5, 5.41) is 20.1. The van der Waals surface area contributed by atoms with Crippen LogP contribution >= 0.6 is 0 Å². The summed E-state index contributed by atoms with van der Waals surface area (Å²) in [4.78, 5) is 11.4. The molecule has 1 aromatic rings. The van der Waals surface area contributed by atoms with Crippen molar-refractivity contribution < 1.29 is 37.7 Å². The maximum atomic E-state index is 12.7. The van der Waals surface area contributed by atoms with Crippen molar-refractivity contribution in [1.82, 2.24) is 0 Å². The molecule has 2 fully saturated rings. The molecule has 5 nitrogen and oxygen atoms in total. The molecule has 0 spiro atoms. The lowest BCUT2D eigenvalue weighted by atomic mass is 9.87. The third-order valence-corrected chi connectivity index (χ3v) is 5.12. The van der Waals surface area contributed by atoms with Gasteiger partial charge in [0.15, 0.2) is 0 Å². The number of esters is 1. The van der Waals surface area contributed by atoms with E-state index >= 15 is 0 Å². The van der Waals surface area contributed by atoms with E-state index in [0.29, 0.717) is 19.3 Å². The van der Waals surface area contributed by atoms with Gasteiger partial charge in [0, 0.05) is 12.3 Å². The molecule has 1 saturated carbocycles. The molecule has 1 aliphatic heterocycles. The van der Waals surface area contributed by atoms with E-state index in [-0.39, 0.29) is 42.7 Å². The molecule has 5 atom stereocenters. The van der Waals surface area contributed by atoms with Gasteiger partial charge in [-0.1, -0.05) is 6.07 Å². The Bertz CT molecular complexity index is 648. The normalized spacial score (nSPS) is 29.3. The molecule has 3 rings (SSSR count). The Hall–Kier alpha value is -1.80. The minimum atomic E-state index is -4.45. The topological polar surface area (TPSA) is 76.0 Å². The first-order chi connectivity index (χ1) is 12.2. The lowest BCUT2D eigenvalue weighted by Crippen LogP contribution is -2.24. The average molecular weight is 374 g/mol. The molecule has 8 heteroatoms. The van der Waals surface area contributed by atoms with Crippen molar-refractivity contribution in [2.45, 2.75) is 50.2 Å². The van der Waals surface area contributed by atoms with E-state index in [1.54, 1.807) is 0 Å². The number of aliphatic hydroxyl groups is 2. The highest BCUT2D eigenvalue weighted by atomic mass is 19.4. The van der Waals surface area contributed by atoms with Crippen LogP contribution in [0.4, 0.5) is 13.2 Å². The van der Waals surface area contributed by atoms with Crippen LogP contribution < -0.4 is 4.74 Å². The van der Waals surface area contributed by atoms with E-state index in [4.69, 9.17) is 9.47 Å². The highest BCUT2D eigenvalue weighted by Gasteiger charge is 2.49. The molecule has 2 aliphatic rings. The third kappa shape index (κ3) is 4.29. The van der Waals surface area contributed by atoms with Gasteiger partial charge in [0.1, 0.15) is 18.5 Å². The number of alkyl halides is 3. The summed E-state index contributed by atoms with van der Waals surface area (Å²) in [7, 11) is 0. The molecule has 1 aliphatic carbocycles. The van der Waals surface area contributed by atoms with Crippen molar-refractivity contribution >= 4 is 5.97 Å². The minimum Gasteiger partial charge on any atom is -0.491 e. The van der Waals surface area contributed by atoms with Crippen LogP contribution in [-0.2, 0) is 15.7 Å². The fraction of sp³-hybridized carbons (Fsp3) is 0.611. The number of aliphatic hydroxyl groups excluding tert-OH is 2. The van der Waals surface area contributed by atoms with E-state index in [2.05, 4.69) is 0 Å². The van der Waals surface area contributed by atoms with Crippen molar-refractivity contribution in [2.24, 2.45) is 11.8 Å². The lowest BCUT2D eigenvalue weighted by molar-refractivity contribution is -0.142. The molecule has 2 N–H and O–H groups in total. The molecule has 144 valence electrons. The van der Waals surface area contributed by atoms with Gasteiger partial charge in [0.25, 0.3) is 0 Å². The van der Waals surface area contributed by atoms with Gasteiger partial charge in [-0.05, 0) is 37.0 Å². The van der Waals surface area contributed by atoms with Crippen LogP contribution in [0.2, 0.25) is 0 Å². The predicted octanol–water partition coefficient (Wildman–Crippen LogP) is 2.54. The second kappa shape index (κ2) is 7.44. The van der Waals surface area contributed by atoms with E-state index in [9.17, 15) is 28.2 Å². The Morgan fingerprint density at radius 2 is 2.12 bits per heavy atom. The number of carbonyl (C=O) groups excluding carboxylic acids is 1. The SMILES string of the molecule is O=C1CC2C(CC(O)C2CCC(O)COc2cccc(C(F)(F)F)c2)O1. The van der Waals surface area contributed by atoms with Crippen molar-refractivity contribution in [3.05, 3.63) is 29.8 Å². The summed E-state index contributed by atoms with van der Waals surface area (Å²) < 4.78 is 48.4. The zero-order valence-corrected chi connectivity index (χ0v) is 14.0. The van der Waals surface area contributed by atoms with Crippen molar-refractivity contribution in [3.8, 4) is 5.75 Å². The Labute approximate surface area is 148 Å². The van der Waals surface area contributed by atoms with Crippen LogP contribution in [0.25, 0.3) is 0 Å². The predicted molar refractivity (Wildman–Crippen MR) is 84.3 cm³/mol. The molecule has 5 unspecified atom stereocenters. The van der Waals surface area contributed by atoms with E-state index < -0.39 is 23.9 Å². The van der Waals surface area contributed by atoms with Gasteiger partial charge in [0.2, 0.25) is 0 Å². The van der Waals surface area contributed by atoms with Crippen LogP contribution in [0.3, 0.4) is 0 Å². The molecule has 1 aromatic carbocycles. The standard InChI is InChI=1S/C18H21F3O5/c19-18(20,21)10-2-1-3-12(6-10)25-9-11(22)4-5-13-14-7-17(24)26-16(14)8-15(13)23/h1-3,6,11,13-16,22-23H,4-5,7-9H2. The molecule has 0 amide bonds. The Morgan fingerprint density at radius 1 is 1.35 bits per heavy atom. The molecule has 0 bridgehead atoms. The van der Waals surface area contributed by atoms with Crippen LogP contribution in [0, 0.1) is 11.8 Å². The summed E-state index contributed by atoms with van der Waals surface area (Å²) in [6, 6.07) is 4.48. The third-order valence-electron chi connectivity index (χ3n) is 5.12. The quantitative estimate of drug-likeness (QED) is 0.749. The Kier molecular flexibility index (Phi) is 5.43. The van der Waals surface area contributed by atoms with Gasteiger partial charge in [-0.2, -0.15) is 13.2 Å². The zero-order chi connectivity index (χ0) is 18.9. The molecule has 1 heterocycles. The monoisotopic (exact) mass is 374 g/mol. The van der Waals surface area contributed by atoms with Gasteiger partial charge >= 0.3 is 12.1 Å². The Morgan fingerprint density at radius 3 is 2.85 bits per heavy atom. The number of ether oxygens (including phenoxy) is 2. The van der Waals surface area contributed by atoms with Crippen molar-refractivity contribution in [1.29, 1.82) is 0 Å². The molecule has 0 aromatic heterocycles. The molecule has 1 saturated heterocycles. The first kappa shape index (κ1) is 19.0. The summed E-state index contributed by atoms with van der Waals surface area (Å²) in [6.45, 7) is -0.145. The maximum Gasteiger partial charge on any atom is 0.416 e. The fourth-order valence-corrected chi connectivity index (χ4v) is 3.81. The summed E-state index contributed by atoms with van der Waals surface area (Å²) in [6.07, 6.45) is -4.65. The number of carbonyl (C=O) groups is 1. The number of hydrogen-bond acceptors (Lipinski definition) is 5. The highest BCUT2D eigenvalue weighted by molar-refractivity contribution is 5.72. The average Bonchev–Trinajstić information content (AvgIpc) is 3.05. The number of rotatable bonds is 6. The second-order valence-corrected chi connectivity index (χ2v) is 6.93. The van der Waals surface area contributed by atoms with Crippen LogP contribution in [0.1, 0.15) is 31.2 Å². The molecular formula is C18H21F3O5. The molecular weight excluding hydrogens is 353 g/mol. The van der Waals surface area contributed by atoms with E-state index in [1.165, 1.54) is 12.1 Å². The number of halogens is 3. The van der Waals surface area contributed by atoms with Gasteiger partial charge in [0.05, 0.1) is 24.2 Å². The van der Waals surface area contributed by atoms with Crippen molar-refractivity contribution in [2.75, 3.05) is 6.61 Å². The highest BCUT2D eigenvalue weighted by Crippen LogP contribution is 2.43.